The molecule has 3 heteroatoms. The summed E-state index contributed by atoms with van der Waals surface area (Å²) in [6, 6.07) is 1.88. The molecule has 0 aromatic carbocycles. The maximum Gasteiger partial charge on any atom is 0.170 e. The minimum atomic E-state index is -0.181. The smallest absolute Gasteiger partial charge is 0.170 e. The molecule has 2 aliphatic rings. The van der Waals surface area contributed by atoms with E-state index < -0.39 is 0 Å². The van der Waals surface area contributed by atoms with Crippen molar-refractivity contribution in [1.82, 2.24) is 9.55 Å². The Hall–Kier alpha value is 0.137. The van der Waals surface area contributed by atoms with Crippen molar-refractivity contribution >= 4 is 9.84 Å². The summed E-state index contributed by atoms with van der Waals surface area (Å²) in [5.41, 5.74) is 0. The highest BCUT2D eigenvalue weighted by Gasteiger charge is 2.28. The Kier molecular flexibility index (Phi) is 6.02. The van der Waals surface area contributed by atoms with Crippen LogP contribution in [0.15, 0.2) is 0 Å². The van der Waals surface area contributed by atoms with E-state index in [1.807, 2.05) is 0 Å². The van der Waals surface area contributed by atoms with Gasteiger partial charge in [0, 0.05) is 12.1 Å². The van der Waals surface area contributed by atoms with E-state index in [9.17, 15) is 0 Å². The van der Waals surface area contributed by atoms with Crippen molar-refractivity contribution in [3.05, 3.63) is 0 Å². The zero-order chi connectivity index (χ0) is 11.9. The van der Waals surface area contributed by atoms with Crippen LogP contribution in [-0.2, 0) is 0 Å². The normalized spacial score (nSPS) is 25.1. The minimum Gasteiger partial charge on any atom is -0.331 e. The monoisotopic (exact) mass is 254 g/mol. The largest absolute Gasteiger partial charge is 0.331 e. The first-order chi connectivity index (χ1) is 8.42. The third kappa shape index (κ3) is 4.07. The first-order valence-corrected chi connectivity index (χ1v) is 9.22. The number of hydrogen-bond acceptors (Lipinski definition) is 2. The van der Waals surface area contributed by atoms with E-state index in [4.69, 9.17) is 0 Å². The van der Waals surface area contributed by atoms with E-state index in [2.05, 4.69) is 16.5 Å². The second kappa shape index (κ2) is 7.55. The molecule has 0 bridgehead atoms. The molecule has 1 N–H and O–H groups in total. The minimum absolute atomic E-state index is 0.181. The molecule has 2 nitrogen and oxygen atoms in total. The van der Waals surface area contributed by atoms with Gasteiger partial charge >= 0.3 is 0 Å². The molecule has 0 amide bonds. The van der Waals surface area contributed by atoms with Crippen molar-refractivity contribution in [2.75, 3.05) is 6.54 Å². The lowest BCUT2D eigenvalue weighted by Gasteiger charge is -2.41. The highest BCUT2D eigenvalue weighted by atomic mass is 28.2. The predicted octanol–water partition coefficient (Wildman–Crippen LogP) is 2.56. The van der Waals surface area contributed by atoms with Crippen LogP contribution in [0, 0.1) is 0 Å². The van der Waals surface area contributed by atoms with E-state index in [-0.39, 0.29) is 9.84 Å². The standard InChI is InChI=1S/C14H30N2Si/c1-2-15-17-16(13-9-5-3-6-10-13)14-11-7-4-8-12-14/h13-15H,2-12,17H2,1H3. The van der Waals surface area contributed by atoms with Crippen LogP contribution in [0.5, 0.6) is 0 Å². The van der Waals surface area contributed by atoms with Gasteiger partial charge in [-0.1, -0.05) is 45.4 Å². The summed E-state index contributed by atoms with van der Waals surface area (Å²) < 4.78 is 2.96. The van der Waals surface area contributed by atoms with Gasteiger partial charge in [0.25, 0.3) is 0 Å². The molecule has 17 heavy (non-hydrogen) atoms. The van der Waals surface area contributed by atoms with Crippen LogP contribution < -0.4 is 4.98 Å². The average Bonchev–Trinajstić information content (AvgIpc) is 2.42. The fourth-order valence-electron chi connectivity index (χ4n) is 3.62. The zero-order valence-electron chi connectivity index (χ0n) is 11.6. The highest BCUT2D eigenvalue weighted by Crippen LogP contribution is 2.29. The summed E-state index contributed by atoms with van der Waals surface area (Å²) in [6.07, 6.45) is 14.8. The summed E-state index contributed by atoms with van der Waals surface area (Å²) in [7, 11) is -0.181. The van der Waals surface area contributed by atoms with Crippen LogP contribution in [0.3, 0.4) is 0 Å². The molecule has 0 saturated heterocycles. The molecule has 0 unspecified atom stereocenters. The number of nitrogens with zero attached hydrogens (tertiary/aromatic N) is 1. The van der Waals surface area contributed by atoms with Crippen molar-refractivity contribution in [1.29, 1.82) is 0 Å². The molecular formula is C14H30N2Si. The topological polar surface area (TPSA) is 15.3 Å². The summed E-state index contributed by atoms with van der Waals surface area (Å²) in [5.74, 6) is 0. The number of nitrogens with one attached hydrogen (secondary N) is 1. The molecule has 0 aromatic heterocycles. The van der Waals surface area contributed by atoms with Crippen molar-refractivity contribution < 1.29 is 0 Å². The summed E-state index contributed by atoms with van der Waals surface area (Å²) in [6.45, 7) is 3.43. The van der Waals surface area contributed by atoms with Crippen molar-refractivity contribution in [3.63, 3.8) is 0 Å². The van der Waals surface area contributed by atoms with Crippen LogP contribution >= 0.6 is 0 Å². The Bertz CT molecular complexity index is 180. The molecule has 2 saturated carbocycles. The van der Waals surface area contributed by atoms with Crippen LogP contribution in [0.4, 0.5) is 0 Å². The summed E-state index contributed by atoms with van der Waals surface area (Å²) in [4.78, 5) is 3.71. The quantitative estimate of drug-likeness (QED) is 0.759. The van der Waals surface area contributed by atoms with Gasteiger partial charge in [-0.3, -0.25) is 0 Å². The maximum atomic E-state index is 3.71. The van der Waals surface area contributed by atoms with Crippen LogP contribution in [0.1, 0.15) is 71.1 Å². The first-order valence-electron chi connectivity index (χ1n) is 7.88. The number of hydrogen-bond donors (Lipinski definition) is 1. The van der Waals surface area contributed by atoms with Gasteiger partial charge in [0.2, 0.25) is 0 Å². The Balaban J connectivity index is 1.90. The summed E-state index contributed by atoms with van der Waals surface area (Å²) >= 11 is 0. The first kappa shape index (κ1) is 13.6. The molecule has 0 atom stereocenters. The van der Waals surface area contributed by atoms with E-state index in [1.54, 1.807) is 0 Å². The Morgan fingerprint density at radius 1 is 0.882 bits per heavy atom. The Morgan fingerprint density at radius 3 is 1.76 bits per heavy atom. The molecule has 0 aromatic rings. The fraction of sp³-hybridized carbons (Fsp3) is 1.00. The van der Waals surface area contributed by atoms with Gasteiger partial charge in [0.1, 0.15) is 0 Å². The van der Waals surface area contributed by atoms with Crippen LogP contribution in [0.25, 0.3) is 0 Å². The van der Waals surface area contributed by atoms with Gasteiger partial charge in [-0.05, 0) is 32.2 Å². The lowest BCUT2D eigenvalue weighted by molar-refractivity contribution is 0.168. The van der Waals surface area contributed by atoms with Gasteiger partial charge in [-0.15, -0.1) is 0 Å². The number of rotatable bonds is 5. The Morgan fingerprint density at radius 2 is 1.35 bits per heavy atom. The van der Waals surface area contributed by atoms with Gasteiger partial charge in [0.05, 0.1) is 0 Å². The molecule has 2 rings (SSSR count). The van der Waals surface area contributed by atoms with E-state index >= 15 is 0 Å². The maximum absolute atomic E-state index is 3.71. The SMILES string of the molecule is CCN[SiH2]N(C1CCCCC1)C1CCCCC1. The molecule has 0 heterocycles. The van der Waals surface area contributed by atoms with E-state index in [0.717, 1.165) is 12.1 Å². The zero-order valence-corrected chi connectivity index (χ0v) is 13.0. The van der Waals surface area contributed by atoms with Gasteiger partial charge in [0.15, 0.2) is 9.84 Å². The van der Waals surface area contributed by atoms with Crippen molar-refractivity contribution in [2.45, 2.75) is 83.2 Å². The van der Waals surface area contributed by atoms with Gasteiger partial charge < -0.3 is 9.55 Å². The van der Waals surface area contributed by atoms with Gasteiger partial charge in [-0.2, -0.15) is 0 Å². The lowest BCUT2D eigenvalue weighted by atomic mass is 9.91. The molecule has 2 fully saturated rings. The second-order valence-electron chi connectivity index (χ2n) is 5.86. The van der Waals surface area contributed by atoms with Crippen LogP contribution in [-0.4, -0.2) is 33.0 Å². The van der Waals surface area contributed by atoms with Crippen molar-refractivity contribution in [2.24, 2.45) is 0 Å². The van der Waals surface area contributed by atoms with Crippen molar-refractivity contribution in [3.8, 4) is 0 Å². The third-order valence-electron chi connectivity index (χ3n) is 4.63. The molecule has 2 aliphatic carbocycles. The molecule has 100 valence electrons. The molecular weight excluding hydrogens is 224 g/mol. The molecule has 0 aliphatic heterocycles. The summed E-state index contributed by atoms with van der Waals surface area (Å²) in [5, 5.41) is 0. The average molecular weight is 254 g/mol. The predicted molar refractivity (Wildman–Crippen MR) is 77.8 cm³/mol. The van der Waals surface area contributed by atoms with E-state index in [1.165, 1.54) is 70.8 Å². The van der Waals surface area contributed by atoms with Gasteiger partial charge in [-0.25, -0.2) is 0 Å². The molecule has 0 radical (unpaired) electrons. The Labute approximate surface area is 110 Å². The highest BCUT2D eigenvalue weighted by molar-refractivity contribution is 6.28. The third-order valence-corrected chi connectivity index (χ3v) is 6.75. The fourth-order valence-corrected chi connectivity index (χ4v) is 5.35. The molecule has 0 spiro atoms. The van der Waals surface area contributed by atoms with Crippen LogP contribution in [0.2, 0.25) is 0 Å². The van der Waals surface area contributed by atoms with E-state index in [0.29, 0.717) is 0 Å². The lowest BCUT2D eigenvalue weighted by Crippen LogP contribution is -2.51. The second-order valence-corrected chi connectivity index (χ2v) is 7.41.